The van der Waals surface area contributed by atoms with Gasteiger partial charge in [-0.15, -0.1) is 11.8 Å². The van der Waals surface area contributed by atoms with Crippen molar-refractivity contribution in [3.05, 3.63) is 84.9 Å². The highest BCUT2D eigenvalue weighted by Crippen LogP contribution is 2.21. The lowest BCUT2D eigenvalue weighted by molar-refractivity contribution is -0.118. The predicted molar refractivity (Wildman–Crippen MR) is 132 cm³/mol. The first kappa shape index (κ1) is 23.1. The second kappa shape index (κ2) is 11.2. The summed E-state index contributed by atoms with van der Waals surface area (Å²) in [4.78, 5) is 37.4. The van der Waals surface area contributed by atoms with Gasteiger partial charge in [-0.3, -0.25) is 14.4 Å². The molecule has 0 saturated heterocycles. The van der Waals surface area contributed by atoms with E-state index in [1.54, 1.807) is 36.4 Å². The Kier molecular flexibility index (Phi) is 7.56. The first-order chi connectivity index (χ1) is 16.6. The highest BCUT2D eigenvalue weighted by molar-refractivity contribution is 8.00. The number of nitrogens with zero attached hydrogens (tertiary/aromatic N) is 2. The van der Waals surface area contributed by atoms with Crippen LogP contribution >= 0.6 is 11.8 Å². The minimum Gasteiger partial charge on any atom is -0.484 e. The summed E-state index contributed by atoms with van der Waals surface area (Å²) in [6, 6.07) is 25.3. The van der Waals surface area contributed by atoms with Gasteiger partial charge in [-0.05, 0) is 48.5 Å². The van der Waals surface area contributed by atoms with Crippen LogP contribution in [0.2, 0.25) is 0 Å². The quantitative estimate of drug-likeness (QED) is 0.486. The van der Waals surface area contributed by atoms with Crippen LogP contribution in [0.15, 0.2) is 94.9 Å². The van der Waals surface area contributed by atoms with Gasteiger partial charge in [0.2, 0.25) is 5.91 Å². The van der Waals surface area contributed by atoms with E-state index in [-0.39, 0.29) is 36.5 Å². The van der Waals surface area contributed by atoms with E-state index in [2.05, 4.69) is 15.7 Å². The van der Waals surface area contributed by atoms with E-state index >= 15 is 0 Å². The maximum atomic E-state index is 12.3. The molecule has 1 aliphatic rings. The number of nitrogens with one attached hydrogen (secondary N) is 2. The Morgan fingerprint density at radius 1 is 0.882 bits per heavy atom. The fourth-order valence-corrected chi connectivity index (χ4v) is 3.81. The zero-order chi connectivity index (χ0) is 23.8. The number of benzene rings is 3. The molecule has 0 fully saturated rings. The van der Waals surface area contributed by atoms with E-state index in [4.69, 9.17) is 4.74 Å². The third-order valence-corrected chi connectivity index (χ3v) is 5.69. The summed E-state index contributed by atoms with van der Waals surface area (Å²) in [5.41, 5.74) is 1.29. The molecule has 3 aromatic carbocycles. The fraction of sp³-hybridized carbons (Fsp3) is 0.120. The number of para-hydroxylation sites is 2. The van der Waals surface area contributed by atoms with Gasteiger partial charge in [0.1, 0.15) is 11.6 Å². The molecule has 0 unspecified atom stereocenters. The molecule has 0 saturated carbocycles. The van der Waals surface area contributed by atoms with E-state index in [1.807, 2.05) is 48.5 Å². The van der Waals surface area contributed by atoms with Gasteiger partial charge in [0.15, 0.2) is 6.61 Å². The Morgan fingerprint density at radius 3 is 2.26 bits per heavy atom. The smallest absolute Gasteiger partial charge is 0.262 e. The number of anilines is 2. The van der Waals surface area contributed by atoms with Gasteiger partial charge in [0, 0.05) is 10.6 Å². The fourth-order valence-electron chi connectivity index (χ4n) is 3.11. The number of amides is 3. The number of hydrogen-bond acceptors (Lipinski definition) is 6. The molecule has 1 heterocycles. The SMILES string of the molecule is O=C(CSc1ccc(NC(=O)COc2ccccc2)cc1)NC1=NN(c2ccccc2)C(=O)C1. The summed E-state index contributed by atoms with van der Waals surface area (Å²) in [6.45, 7) is -0.0885. The minimum atomic E-state index is -0.264. The van der Waals surface area contributed by atoms with E-state index in [9.17, 15) is 14.4 Å². The molecular formula is C25H22N4O4S. The average Bonchev–Trinajstić information content (AvgIpc) is 3.23. The van der Waals surface area contributed by atoms with Crippen LogP contribution in [-0.2, 0) is 14.4 Å². The standard InChI is InChI=1S/C25H22N4O4S/c30-23(16-33-20-9-5-2-6-10-20)26-18-11-13-21(14-12-18)34-17-24(31)27-22-15-25(32)29(28-22)19-7-3-1-4-8-19/h1-14H,15-17H2,(H,26,30)(H,27,28,31). The van der Waals surface area contributed by atoms with Crippen molar-refractivity contribution in [2.24, 2.45) is 5.10 Å². The Bertz CT molecular complexity index is 1180. The molecule has 1 aliphatic heterocycles. The number of rotatable bonds is 8. The van der Waals surface area contributed by atoms with Crippen molar-refractivity contribution in [1.82, 2.24) is 5.32 Å². The van der Waals surface area contributed by atoms with Gasteiger partial charge in [0.05, 0.1) is 17.9 Å². The largest absolute Gasteiger partial charge is 0.484 e. The zero-order valence-electron chi connectivity index (χ0n) is 18.1. The van der Waals surface area contributed by atoms with E-state index < -0.39 is 0 Å². The molecule has 8 nitrogen and oxygen atoms in total. The molecular weight excluding hydrogens is 452 g/mol. The molecule has 0 spiro atoms. The van der Waals surface area contributed by atoms with Gasteiger partial charge in [0.25, 0.3) is 11.8 Å². The Morgan fingerprint density at radius 2 is 1.56 bits per heavy atom. The topological polar surface area (TPSA) is 100 Å². The van der Waals surface area contributed by atoms with Crippen LogP contribution < -0.4 is 20.4 Å². The lowest BCUT2D eigenvalue weighted by atomic mass is 10.3. The van der Waals surface area contributed by atoms with Crippen LogP contribution in [0.3, 0.4) is 0 Å². The molecule has 172 valence electrons. The summed E-state index contributed by atoms with van der Waals surface area (Å²) in [7, 11) is 0. The molecule has 0 atom stereocenters. The Balaban J connectivity index is 1.21. The van der Waals surface area contributed by atoms with Gasteiger partial charge in [-0.1, -0.05) is 36.4 Å². The number of ether oxygens (including phenoxy) is 1. The molecule has 0 bridgehead atoms. The number of hydrogen-bond donors (Lipinski definition) is 2. The normalized spacial score (nSPS) is 12.8. The highest BCUT2D eigenvalue weighted by atomic mass is 32.2. The van der Waals surface area contributed by atoms with Crippen molar-refractivity contribution < 1.29 is 19.1 Å². The van der Waals surface area contributed by atoms with Crippen molar-refractivity contribution in [2.75, 3.05) is 22.7 Å². The number of thioether (sulfide) groups is 1. The summed E-state index contributed by atoms with van der Waals surface area (Å²) in [5, 5.41) is 11.0. The molecule has 34 heavy (non-hydrogen) atoms. The van der Waals surface area contributed by atoms with Crippen LogP contribution in [0.25, 0.3) is 0 Å². The molecule has 4 rings (SSSR count). The molecule has 3 amide bonds. The Hall–Kier alpha value is -4.11. The third-order valence-electron chi connectivity index (χ3n) is 4.68. The Labute approximate surface area is 201 Å². The van der Waals surface area contributed by atoms with Gasteiger partial charge >= 0.3 is 0 Å². The third kappa shape index (κ3) is 6.46. The molecule has 2 N–H and O–H groups in total. The molecule has 0 aromatic heterocycles. The summed E-state index contributed by atoms with van der Waals surface area (Å²) >= 11 is 1.34. The number of hydrazone groups is 1. The van der Waals surface area contributed by atoms with Crippen LogP contribution in [0.5, 0.6) is 5.75 Å². The lowest BCUT2D eigenvalue weighted by Gasteiger charge is -2.10. The lowest BCUT2D eigenvalue weighted by Crippen LogP contribution is -2.31. The van der Waals surface area contributed by atoms with Crippen molar-refractivity contribution in [1.29, 1.82) is 0 Å². The maximum Gasteiger partial charge on any atom is 0.262 e. The van der Waals surface area contributed by atoms with E-state index in [0.29, 0.717) is 23.0 Å². The predicted octanol–water partition coefficient (Wildman–Crippen LogP) is 3.66. The van der Waals surface area contributed by atoms with Crippen molar-refractivity contribution >= 4 is 46.7 Å². The van der Waals surface area contributed by atoms with Crippen LogP contribution in [-0.4, -0.2) is 35.9 Å². The zero-order valence-corrected chi connectivity index (χ0v) is 19.0. The minimum absolute atomic E-state index is 0.0493. The second-order valence-corrected chi connectivity index (χ2v) is 8.32. The monoisotopic (exact) mass is 474 g/mol. The van der Waals surface area contributed by atoms with E-state index in [0.717, 1.165) is 4.90 Å². The summed E-state index contributed by atoms with van der Waals surface area (Å²) in [5.74, 6) is 0.413. The number of amidine groups is 1. The highest BCUT2D eigenvalue weighted by Gasteiger charge is 2.26. The number of carbonyl (C=O) groups is 3. The van der Waals surface area contributed by atoms with Crippen molar-refractivity contribution in [3.63, 3.8) is 0 Å². The molecule has 9 heteroatoms. The van der Waals surface area contributed by atoms with Crippen LogP contribution in [0.1, 0.15) is 6.42 Å². The molecule has 0 radical (unpaired) electrons. The van der Waals surface area contributed by atoms with Crippen LogP contribution in [0, 0.1) is 0 Å². The summed E-state index contributed by atoms with van der Waals surface area (Å²) < 4.78 is 5.43. The summed E-state index contributed by atoms with van der Waals surface area (Å²) in [6.07, 6.45) is 0.0493. The molecule has 3 aromatic rings. The van der Waals surface area contributed by atoms with Crippen molar-refractivity contribution in [2.45, 2.75) is 11.3 Å². The first-order valence-corrected chi connectivity index (χ1v) is 11.5. The van der Waals surface area contributed by atoms with Crippen molar-refractivity contribution in [3.8, 4) is 5.75 Å². The van der Waals surface area contributed by atoms with Gasteiger partial charge in [-0.25, -0.2) is 0 Å². The van der Waals surface area contributed by atoms with Crippen LogP contribution in [0.4, 0.5) is 11.4 Å². The van der Waals surface area contributed by atoms with Gasteiger partial charge in [-0.2, -0.15) is 10.1 Å². The first-order valence-electron chi connectivity index (χ1n) is 10.5. The molecule has 0 aliphatic carbocycles. The second-order valence-electron chi connectivity index (χ2n) is 7.28. The van der Waals surface area contributed by atoms with E-state index in [1.165, 1.54) is 16.8 Å². The maximum absolute atomic E-state index is 12.3. The van der Waals surface area contributed by atoms with Gasteiger partial charge < -0.3 is 15.4 Å². The average molecular weight is 475 g/mol. The number of carbonyl (C=O) groups excluding carboxylic acids is 3.